The highest BCUT2D eigenvalue weighted by atomic mass is 16.5. The zero-order valence-corrected chi connectivity index (χ0v) is 17.4. The fourth-order valence-corrected chi connectivity index (χ4v) is 3.90. The molecule has 1 saturated carbocycles. The Kier molecular flexibility index (Phi) is 5.41. The normalized spacial score (nSPS) is 17.4. The third kappa shape index (κ3) is 4.05. The standard InChI is InChI=1S/C22H28N4O3/c1-15-19(16(2)29-23-15)14-25-10-12-26(13-11-25)22(28)18-6-4-5-7-20(18)24(3)21(27)17-8-9-17/h4-7,17H,8-14H2,1-3H3. The van der Waals surface area contributed by atoms with Gasteiger partial charge >= 0.3 is 0 Å². The number of para-hydroxylation sites is 1. The first kappa shape index (κ1) is 19.6. The van der Waals surface area contributed by atoms with E-state index in [2.05, 4.69) is 10.1 Å². The summed E-state index contributed by atoms with van der Waals surface area (Å²) in [4.78, 5) is 31.6. The number of aromatic nitrogens is 1. The van der Waals surface area contributed by atoms with Crippen LogP contribution in [0.25, 0.3) is 0 Å². The quantitative estimate of drug-likeness (QED) is 0.777. The minimum absolute atomic E-state index is 0.00645. The summed E-state index contributed by atoms with van der Waals surface area (Å²) < 4.78 is 5.26. The van der Waals surface area contributed by atoms with E-state index in [9.17, 15) is 9.59 Å². The number of hydrogen-bond acceptors (Lipinski definition) is 5. The molecule has 4 rings (SSSR count). The summed E-state index contributed by atoms with van der Waals surface area (Å²) in [6.07, 6.45) is 1.90. The van der Waals surface area contributed by atoms with Crippen LogP contribution < -0.4 is 4.90 Å². The molecule has 0 spiro atoms. The third-order valence-electron chi connectivity index (χ3n) is 5.98. The molecule has 29 heavy (non-hydrogen) atoms. The third-order valence-corrected chi connectivity index (χ3v) is 5.98. The van der Waals surface area contributed by atoms with Crippen molar-refractivity contribution in [2.75, 3.05) is 38.1 Å². The lowest BCUT2D eigenvalue weighted by Crippen LogP contribution is -2.48. The number of hydrogen-bond donors (Lipinski definition) is 0. The molecule has 0 N–H and O–H groups in total. The van der Waals surface area contributed by atoms with Crippen molar-refractivity contribution in [3.8, 4) is 0 Å². The predicted octanol–water partition coefficient (Wildman–Crippen LogP) is 2.62. The molecule has 1 aliphatic heterocycles. The van der Waals surface area contributed by atoms with Gasteiger partial charge in [0, 0.05) is 51.3 Å². The van der Waals surface area contributed by atoms with E-state index < -0.39 is 0 Å². The van der Waals surface area contributed by atoms with Gasteiger partial charge in [0.2, 0.25) is 5.91 Å². The Morgan fingerprint density at radius 1 is 1.14 bits per heavy atom. The Bertz CT molecular complexity index is 891. The van der Waals surface area contributed by atoms with Gasteiger partial charge in [0.05, 0.1) is 16.9 Å². The SMILES string of the molecule is Cc1noc(C)c1CN1CCN(C(=O)c2ccccc2N(C)C(=O)C2CC2)CC1. The lowest BCUT2D eigenvalue weighted by Gasteiger charge is -2.35. The van der Waals surface area contributed by atoms with Crippen molar-refractivity contribution in [1.29, 1.82) is 0 Å². The molecule has 1 aliphatic carbocycles. The van der Waals surface area contributed by atoms with Crippen molar-refractivity contribution in [3.63, 3.8) is 0 Å². The summed E-state index contributed by atoms with van der Waals surface area (Å²) in [7, 11) is 1.77. The van der Waals surface area contributed by atoms with E-state index in [0.717, 1.165) is 49.5 Å². The van der Waals surface area contributed by atoms with Gasteiger partial charge in [0.15, 0.2) is 0 Å². The van der Waals surface area contributed by atoms with Crippen molar-refractivity contribution in [3.05, 3.63) is 46.8 Å². The van der Waals surface area contributed by atoms with Crippen LogP contribution in [0.1, 0.15) is 40.2 Å². The average Bonchev–Trinajstić information content (AvgIpc) is 3.55. The van der Waals surface area contributed by atoms with Gasteiger partial charge in [-0.2, -0.15) is 0 Å². The number of nitrogens with zero attached hydrogens (tertiary/aromatic N) is 4. The van der Waals surface area contributed by atoms with Crippen molar-refractivity contribution in [1.82, 2.24) is 15.0 Å². The van der Waals surface area contributed by atoms with Gasteiger partial charge in [0.1, 0.15) is 5.76 Å². The van der Waals surface area contributed by atoms with E-state index in [1.54, 1.807) is 11.9 Å². The monoisotopic (exact) mass is 396 g/mol. The maximum absolute atomic E-state index is 13.2. The van der Waals surface area contributed by atoms with Crippen LogP contribution in [0.2, 0.25) is 0 Å². The van der Waals surface area contributed by atoms with Gasteiger partial charge < -0.3 is 14.3 Å². The van der Waals surface area contributed by atoms with Gasteiger partial charge in [-0.1, -0.05) is 17.3 Å². The van der Waals surface area contributed by atoms with Crippen LogP contribution in [0.15, 0.2) is 28.8 Å². The van der Waals surface area contributed by atoms with E-state index in [4.69, 9.17) is 4.52 Å². The highest BCUT2D eigenvalue weighted by molar-refractivity contribution is 6.05. The van der Waals surface area contributed by atoms with Crippen molar-refractivity contribution in [2.24, 2.45) is 5.92 Å². The van der Waals surface area contributed by atoms with Crippen LogP contribution in [-0.2, 0) is 11.3 Å². The molecule has 1 aromatic heterocycles. The van der Waals surface area contributed by atoms with Gasteiger partial charge in [-0.15, -0.1) is 0 Å². The first-order chi connectivity index (χ1) is 14.0. The number of piperazine rings is 1. The highest BCUT2D eigenvalue weighted by Crippen LogP contribution is 2.33. The van der Waals surface area contributed by atoms with Crippen LogP contribution in [0.4, 0.5) is 5.69 Å². The second kappa shape index (κ2) is 7.99. The molecule has 2 aliphatic rings. The van der Waals surface area contributed by atoms with Crippen LogP contribution in [0.3, 0.4) is 0 Å². The Hall–Kier alpha value is -2.67. The largest absolute Gasteiger partial charge is 0.361 e. The van der Waals surface area contributed by atoms with E-state index in [1.807, 2.05) is 43.0 Å². The molecular formula is C22H28N4O3. The van der Waals surface area contributed by atoms with Gasteiger partial charge in [-0.05, 0) is 38.8 Å². The molecule has 2 heterocycles. The predicted molar refractivity (Wildman–Crippen MR) is 110 cm³/mol. The topological polar surface area (TPSA) is 69.9 Å². The van der Waals surface area contributed by atoms with E-state index >= 15 is 0 Å². The zero-order chi connectivity index (χ0) is 20.5. The first-order valence-electron chi connectivity index (χ1n) is 10.3. The number of rotatable bonds is 5. The summed E-state index contributed by atoms with van der Waals surface area (Å²) >= 11 is 0. The Morgan fingerprint density at radius 2 is 1.83 bits per heavy atom. The fourth-order valence-electron chi connectivity index (χ4n) is 3.90. The van der Waals surface area contributed by atoms with Crippen molar-refractivity contribution >= 4 is 17.5 Å². The lowest BCUT2D eigenvalue weighted by atomic mass is 10.1. The summed E-state index contributed by atoms with van der Waals surface area (Å²) in [5.74, 6) is 1.08. The summed E-state index contributed by atoms with van der Waals surface area (Å²) in [5, 5.41) is 4.02. The van der Waals surface area contributed by atoms with Gasteiger partial charge in [-0.25, -0.2) is 0 Å². The Morgan fingerprint density at radius 3 is 2.45 bits per heavy atom. The zero-order valence-electron chi connectivity index (χ0n) is 17.4. The number of carbonyl (C=O) groups excluding carboxylic acids is 2. The van der Waals surface area contributed by atoms with Gasteiger partial charge in [-0.3, -0.25) is 14.5 Å². The maximum Gasteiger partial charge on any atom is 0.256 e. The Labute approximate surface area is 171 Å². The summed E-state index contributed by atoms with van der Waals surface area (Å²) in [5.41, 5.74) is 3.37. The number of aryl methyl sites for hydroxylation is 2. The molecule has 7 heteroatoms. The number of carbonyl (C=O) groups is 2. The van der Waals surface area contributed by atoms with E-state index in [0.29, 0.717) is 24.3 Å². The van der Waals surface area contributed by atoms with E-state index in [1.165, 1.54) is 0 Å². The second-order valence-electron chi connectivity index (χ2n) is 8.06. The minimum Gasteiger partial charge on any atom is -0.361 e. The molecule has 2 aromatic rings. The van der Waals surface area contributed by atoms with Crippen LogP contribution in [-0.4, -0.2) is 60.0 Å². The smallest absolute Gasteiger partial charge is 0.256 e. The molecule has 7 nitrogen and oxygen atoms in total. The Balaban J connectivity index is 1.42. The molecule has 2 amide bonds. The molecule has 0 radical (unpaired) electrons. The summed E-state index contributed by atoms with van der Waals surface area (Å²) in [6.45, 7) is 7.61. The molecule has 0 atom stereocenters. The molecule has 0 unspecified atom stereocenters. The van der Waals surface area contributed by atoms with Crippen LogP contribution in [0, 0.1) is 19.8 Å². The molecule has 1 aromatic carbocycles. The number of amides is 2. The maximum atomic E-state index is 13.2. The summed E-state index contributed by atoms with van der Waals surface area (Å²) in [6, 6.07) is 7.43. The second-order valence-corrected chi connectivity index (χ2v) is 8.06. The minimum atomic E-state index is -0.00645. The van der Waals surface area contributed by atoms with Crippen molar-refractivity contribution < 1.29 is 14.1 Å². The van der Waals surface area contributed by atoms with Crippen molar-refractivity contribution in [2.45, 2.75) is 33.2 Å². The average molecular weight is 396 g/mol. The molecule has 2 fully saturated rings. The lowest BCUT2D eigenvalue weighted by molar-refractivity contribution is -0.119. The molecule has 0 bridgehead atoms. The van der Waals surface area contributed by atoms with Crippen LogP contribution >= 0.6 is 0 Å². The molecular weight excluding hydrogens is 368 g/mol. The van der Waals surface area contributed by atoms with E-state index in [-0.39, 0.29) is 17.7 Å². The first-order valence-corrected chi connectivity index (χ1v) is 10.3. The number of benzene rings is 1. The van der Waals surface area contributed by atoms with Gasteiger partial charge in [0.25, 0.3) is 5.91 Å². The molecule has 154 valence electrons. The highest BCUT2D eigenvalue weighted by Gasteiger charge is 2.34. The van der Waals surface area contributed by atoms with Crippen LogP contribution in [0.5, 0.6) is 0 Å². The molecule has 1 saturated heterocycles. The number of anilines is 1. The fraction of sp³-hybridized carbons (Fsp3) is 0.500.